The number of rotatable bonds is 0. The zero-order valence-electron chi connectivity index (χ0n) is 11.2. The van der Waals surface area contributed by atoms with Gasteiger partial charge in [-0.05, 0) is 44.9 Å². The molecule has 2 aromatic rings. The summed E-state index contributed by atoms with van der Waals surface area (Å²) in [5.41, 5.74) is 6.34. The molecule has 0 aliphatic rings. The third kappa shape index (κ3) is 2.63. The molecule has 2 rings (SSSR count). The van der Waals surface area contributed by atoms with Gasteiger partial charge in [0.2, 0.25) is 5.28 Å². The number of aryl methyl sites for hydroxylation is 1. The molecule has 7 heteroatoms. The average Bonchev–Trinajstić information content (AvgIpc) is 2.53. The summed E-state index contributed by atoms with van der Waals surface area (Å²) in [5.74, 6) is 0.245. The average molecular weight is 283 g/mol. The number of nitrogens with zero attached hydrogens (tertiary/aromatic N) is 3. The topological polar surface area (TPSA) is 83.0 Å². The summed E-state index contributed by atoms with van der Waals surface area (Å²) in [7, 11) is 0. The molecule has 0 fully saturated rings. The van der Waals surface area contributed by atoms with Gasteiger partial charge < -0.3 is 10.5 Å². The van der Waals surface area contributed by atoms with Crippen molar-refractivity contribution in [2.45, 2.75) is 33.3 Å². The van der Waals surface area contributed by atoms with Gasteiger partial charge >= 0.3 is 6.09 Å². The molecule has 0 bridgehead atoms. The lowest BCUT2D eigenvalue weighted by atomic mass is 10.2. The van der Waals surface area contributed by atoms with Crippen molar-refractivity contribution in [3.05, 3.63) is 17.0 Å². The number of halogens is 1. The molecule has 0 radical (unpaired) electrons. The van der Waals surface area contributed by atoms with Crippen molar-refractivity contribution in [1.82, 2.24) is 14.5 Å². The Hall–Kier alpha value is -1.82. The maximum Gasteiger partial charge on any atom is 0.420 e. The highest BCUT2D eigenvalue weighted by Gasteiger charge is 2.22. The van der Waals surface area contributed by atoms with E-state index in [1.165, 1.54) is 4.57 Å². The number of fused-ring (bicyclic) bond motifs is 1. The summed E-state index contributed by atoms with van der Waals surface area (Å²) in [6.07, 6.45) is 1.08. The quantitative estimate of drug-likeness (QED) is 0.751. The Morgan fingerprint density at radius 2 is 2.05 bits per heavy atom. The summed E-state index contributed by atoms with van der Waals surface area (Å²) in [5, 5.41) is 0.600. The number of nitrogens with two attached hydrogens (primary N) is 1. The van der Waals surface area contributed by atoms with Crippen LogP contribution in [0.2, 0.25) is 5.28 Å². The van der Waals surface area contributed by atoms with Crippen molar-refractivity contribution in [2.75, 3.05) is 5.73 Å². The van der Waals surface area contributed by atoms with Crippen LogP contribution in [0.15, 0.2) is 6.20 Å². The third-order valence-electron chi connectivity index (χ3n) is 2.43. The Balaban J connectivity index is 2.59. The Labute approximate surface area is 115 Å². The molecule has 6 nitrogen and oxygen atoms in total. The van der Waals surface area contributed by atoms with Crippen molar-refractivity contribution in [3.63, 3.8) is 0 Å². The largest absolute Gasteiger partial charge is 0.443 e. The van der Waals surface area contributed by atoms with E-state index in [2.05, 4.69) is 9.97 Å². The normalized spacial score (nSPS) is 11.8. The first-order chi connectivity index (χ1) is 8.69. The van der Waals surface area contributed by atoms with Gasteiger partial charge in [0, 0.05) is 6.20 Å². The van der Waals surface area contributed by atoms with Crippen molar-refractivity contribution < 1.29 is 9.53 Å². The van der Waals surface area contributed by atoms with E-state index in [-0.39, 0.29) is 11.1 Å². The van der Waals surface area contributed by atoms with Gasteiger partial charge in [-0.3, -0.25) is 0 Å². The minimum Gasteiger partial charge on any atom is -0.443 e. The van der Waals surface area contributed by atoms with Gasteiger partial charge in [0.15, 0.2) is 5.65 Å². The molecule has 2 heterocycles. The van der Waals surface area contributed by atoms with Crippen LogP contribution in [0.4, 0.5) is 10.6 Å². The fourth-order valence-electron chi connectivity index (χ4n) is 1.76. The van der Waals surface area contributed by atoms with Gasteiger partial charge in [-0.15, -0.1) is 0 Å². The van der Waals surface area contributed by atoms with Crippen LogP contribution in [0.3, 0.4) is 0 Å². The van der Waals surface area contributed by atoms with E-state index < -0.39 is 11.7 Å². The fourth-order valence-corrected chi connectivity index (χ4v) is 1.93. The van der Waals surface area contributed by atoms with E-state index in [9.17, 15) is 4.79 Å². The number of aromatic nitrogens is 3. The summed E-state index contributed by atoms with van der Waals surface area (Å²) < 4.78 is 6.60. The van der Waals surface area contributed by atoms with Gasteiger partial charge in [-0.1, -0.05) is 0 Å². The second-order valence-electron chi connectivity index (χ2n) is 5.24. The number of hydrogen-bond donors (Lipinski definition) is 1. The van der Waals surface area contributed by atoms with Crippen LogP contribution < -0.4 is 5.73 Å². The van der Waals surface area contributed by atoms with Crippen LogP contribution in [0, 0.1) is 6.92 Å². The number of anilines is 1. The molecule has 2 aromatic heterocycles. The Morgan fingerprint density at radius 1 is 1.42 bits per heavy atom. The van der Waals surface area contributed by atoms with Crippen molar-refractivity contribution in [3.8, 4) is 0 Å². The Bertz CT molecular complexity index is 658. The molecule has 0 aromatic carbocycles. The van der Waals surface area contributed by atoms with Crippen LogP contribution >= 0.6 is 11.6 Å². The highest BCUT2D eigenvalue weighted by atomic mass is 35.5. The number of ether oxygens (including phenoxy) is 1. The molecule has 19 heavy (non-hydrogen) atoms. The maximum absolute atomic E-state index is 12.1. The Kier molecular flexibility index (Phi) is 3.14. The van der Waals surface area contributed by atoms with Gasteiger partial charge in [0.05, 0.1) is 5.39 Å². The van der Waals surface area contributed by atoms with Gasteiger partial charge in [-0.2, -0.15) is 4.98 Å². The molecule has 0 spiro atoms. The first-order valence-corrected chi connectivity index (χ1v) is 6.11. The summed E-state index contributed by atoms with van der Waals surface area (Å²) >= 11 is 5.78. The predicted octanol–water partition coefficient (Wildman–Crippen LogP) is 2.76. The Morgan fingerprint density at radius 3 is 2.63 bits per heavy atom. The van der Waals surface area contributed by atoms with Crippen molar-refractivity contribution in [1.29, 1.82) is 0 Å². The lowest BCUT2D eigenvalue weighted by Crippen LogP contribution is -2.27. The minimum atomic E-state index is -0.593. The molecular formula is C12H15ClN4O2. The highest BCUT2D eigenvalue weighted by molar-refractivity contribution is 6.28. The number of hydrogen-bond acceptors (Lipinski definition) is 5. The smallest absolute Gasteiger partial charge is 0.420 e. The second kappa shape index (κ2) is 4.38. The molecule has 0 aliphatic heterocycles. The third-order valence-corrected chi connectivity index (χ3v) is 2.60. The standard InChI is InChI=1S/C12H15ClN4O2/c1-6-5-17(11(18)19-12(2,3)4)9-7(6)8(14)15-10(13)16-9/h5H,1-4H3,(H2,14,15,16). The van der Waals surface area contributed by atoms with Crippen LogP contribution in [0.25, 0.3) is 11.0 Å². The number of carbonyl (C=O) groups excluding carboxylic acids is 1. The summed E-state index contributed by atoms with van der Waals surface area (Å²) in [6.45, 7) is 7.19. The lowest BCUT2D eigenvalue weighted by molar-refractivity contribution is 0.0543. The van der Waals surface area contributed by atoms with Gasteiger partial charge in [0.1, 0.15) is 11.4 Å². The fraction of sp³-hybridized carbons (Fsp3) is 0.417. The predicted molar refractivity (Wildman–Crippen MR) is 73.3 cm³/mol. The molecule has 0 saturated carbocycles. The maximum atomic E-state index is 12.1. The van der Waals surface area contributed by atoms with Crippen LogP contribution in [0.1, 0.15) is 26.3 Å². The van der Waals surface area contributed by atoms with E-state index in [0.29, 0.717) is 11.0 Å². The first-order valence-electron chi connectivity index (χ1n) is 5.73. The lowest BCUT2D eigenvalue weighted by Gasteiger charge is -2.19. The molecule has 0 aliphatic carbocycles. The molecule has 0 atom stereocenters. The molecule has 0 saturated heterocycles. The van der Waals surface area contributed by atoms with Gasteiger partial charge in [0.25, 0.3) is 0 Å². The minimum absolute atomic E-state index is 0.00657. The number of nitrogen functional groups attached to an aromatic ring is 1. The zero-order chi connectivity index (χ0) is 14.4. The molecule has 2 N–H and O–H groups in total. The van der Waals surface area contributed by atoms with E-state index in [1.807, 2.05) is 6.92 Å². The van der Waals surface area contributed by atoms with Crippen LogP contribution in [-0.4, -0.2) is 26.2 Å². The summed E-state index contributed by atoms with van der Waals surface area (Å²) in [4.78, 5) is 20.0. The zero-order valence-corrected chi connectivity index (χ0v) is 11.9. The first kappa shape index (κ1) is 13.6. The van der Waals surface area contributed by atoms with Crippen LogP contribution in [0.5, 0.6) is 0 Å². The van der Waals surface area contributed by atoms with E-state index in [4.69, 9.17) is 22.1 Å². The highest BCUT2D eigenvalue weighted by Crippen LogP contribution is 2.25. The molecular weight excluding hydrogens is 268 g/mol. The van der Waals surface area contributed by atoms with Crippen molar-refractivity contribution >= 4 is 34.5 Å². The summed E-state index contributed by atoms with van der Waals surface area (Å²) in [6, 6.07) is 0. The van der Waals surface area contributed by atoms with Crippen LogP contribution in [-0.2, 0) is 4.74 Å². The molecule has 0 unspecified atom stereocenters. The second-order valence-corrected chi connectivity index (χ2v) is 5.58. The van der Waals surface area contributed by atoms with E-state index in [1.54, 1.807) is 27.0 Å². The van der Waals surface area contributed by atoms with Gasteiger partial charge in [-0.25, -0.2) is 14.3 Å². The number of carbonyl (C=O) groups is 1. The van der Waals surface area contributed by atoms with Crippen molar-refractivity contribution in [2.24, 2.45) is 0 Å². The monoisotopic (exact) mass is 282 g/mol. The molecule has 102 valence electrons. The molecule has 0 amide bonds. The van der Waals surface area contributed by atoms with E-state index >= 15 is 0 Å². The van der Waals surface area contributed by atoms with E-state index in [0.717, 1.165) is 5.56 Å². The SMILES string of the molecule is Cc1cn(C(=O)OC(C)(C)C)c2nc(Cl)nc(N)c12.